The number of ether oxygens (including phenoxy) is 1. The van der Waals surface area contributed by atoms with E-state index in [-0.39, 0.29) is 17.3 Å². The lowest BCUT2D eigenvalue weighted by molar-refractivity contribution is -0.387. The molecule has 6 nitrogen and oxygen atoms in total. The lowest BCUT2D eigenvalue weighted by Crippen LogP contribution is -2.14. The Morgan fingerprint density at radius 1 is 1.30 bits per heavy atom. The van der Waals surface area contributed by atoms with Crippen molar-refractivity contribution in [3.63, 3.8) is 0 Å². The summed E-state index contributed by atoms with van der Waals surface area (Å²) in [5.74, 6) is -0.443. The van der Waals surface area contributed by atoms with Crippen LogP contribution in [0.4, 0.5) is 15.8 Å². The Morgan fingerprint density at radius 3 is 2.61 bits per heavy atom. The largest absolute Gasteiger partial charge is 0.497 e. The van der Waals surface area contributed by atoms with Gasteiger partial charge in [-0.05, 0) is 36.4 Å². The number of thioether (sulfide) groups is 1. The highest BCUT2D eigenvalue weighted by Gasteiger charge is 2.15. The van der Waals surface area contributed by atoms with E-state index in [1.807, 2.05) is 12.1 Å². The summed E-state index contributed by atoms with van der Waals surface area (Å²) in [5.41, 5.74) is -0.496. The molecule has 120 valence electrons. The third-order valence-corrected chi connectivity index (χ3v) is 3.87. The van der Waals surface area contributed by atoms with Crippen molar-refractivity contribution < 1.29 is 18.8 Å². The molecular weight excluding hydrogens is 323 g/mol. The zero-order chi connectivity index (χ0) is 16.8. The first kappa shape index (κ1) is 16.8. The minimum Gasteiger partial charge on any atom is -0.497 e. The summed E-state index contributed by atoms with van der Waals surface area (Å²) in [6.07, 6.45) is 0. The van der Waals surface area contributed by atoms with Gasteiger partial charge in [-0.2, -0.15) is 4.39 Å². The van der Waals surface area contributed by atoms with E-state index < -0.39 is 16.4 Å². The van der Waals surface area contributed by atoms with Crippen LogP contribution in [0.2, 0.25) is 0 Å². The van der Waals surface area contributed by atoms with Crippen molar-refractivity contribution in [1.29, 1.82) is 0 Å². The highest BCUT2D eigenvalue weighted by Crippen LogP contribution is 2.23. The van der Waals surface area contributed by atoms with Gasteiger partial charge in [0.1, 0.15) is 5.75 Å². The van der Waals surface area contributed by atoms with Crippen molar-refractivity contribution in [2.45, 2.75) is 4.90 Å². The molecule has 8 heteroatoms. The van der Waals surface area contributed by atoms with Crippen LogP contribution in [0.15, 0.2) is 47.4 Å². The number of nitrogens with one attached hydrogen (secondary N) is 1. The SMILES string of the molecule is COc1ccc(SCC(=O)Nc2ccc(F)c([N+](=O)[O-])c2)cc1. The first-order valence-corrected chi connectivity index (χ1v) is 7.49. The normalized spacial score (nSPS) is 10.2. The van der Waals surface area contributed by atoms with E-state index in [1.54, 1.807) is 19.2 Å². The van der Waals surface area contributed by atoms with Crippen LogP contribution in [0.25, 0.3) is 0 Å². The molecule has 0 radical (unpaired) electrons. The quantitative estimate of drug-likeness (QED) is 0.496. The third-order valence-electron chi connectivity index (χ3n) is 2.86. The van der Waals surface area contributed by atoms with Crippen LogP contribution in [0.3, 0.4) is 0 Å². The molecule has 2 aromatic rings. The number of methoxy groups -OCH3 is 1. The van der Waals surface area contributed by atoms with E-state index in [2.05, 4.69) is 5.32 Å². The number of nitrogens with zero attached hydrogens (tertiary/aromatic N) is 1. The van der Waals surface area contributed by atoms with Crippen molar-refractivity contribution in [1.82, 2.24) is 0 Å². The summed E-state index contributed by atoms with van der Waals surface area (Å²) in [5, 5.41) is 13.2. The van der Waals surface area contributed by atoms with Crippen molar-refractivity contribution in [3.8, 4) is 5.75 Å². The predicted molar refractivity (Wildman–Crippen MR) is 85.4 cm³/mol. The molecule has 0 atom stereocenters. The maximum absolute atomic E-state index is 13.2. The standard InChI is InChI=1S/C15H13FN2O4S/c1-22-11-3-5-12(6-4-11)23-9-15(19)17-10-2-7-13(16)14(8-10)18(20)21/h2-8H,9H2,1H3,(H,17,19). The summed E-state index contributed by atoms with van der Waals surface area (Å²) < 4.78 is 18.3. The van der Waals surface area contributed by atoms with E-state index in [1.165, 1.54) is 17.8 Å². The molecule has 0 saturated heterocycles. The Balaban J connectivity index is 1.94. The minimum atomic E-state index is -0.944. The lowest BCUT2D eigenvalue weighted by Gasteiger charge is -2.06. The first-order valence-electron chi connectivity index (χ1n) is 6.50. The number of rotatable bonds is 6. The molecule has 0 aliphatic heterocycles. The summed E-state index contributed by atoms with van der Waals surface area (Å²) in [4.78, 5) is 22.6. The smallest absolute Gasteiger partial charge is 0.306 e. The fourth-order valence-corrected chi connectivity index (χ4v) is 2.45. The fraction of sp³-hybridized carbons (Fsp3) is 0.133. The molecule has 0 heterocycles. The number of amides is 1. The van der Waals surface area contributed by atoms with E-state index in [0.717, 1.165) is 22.8 Å². The number of benzene rings is 2. The molecule has 1 N–H and O–H groups in total. The van der Waals surface area contributed by atoms with Crippen LogP contribution in [-0.2, 0) is 4.79 Å². The zero-order valence-corrected chi connectivity index (χ0v) is 12.9. The number of nitro benzene ring substituents is 1. The molecule has 0 aromatic heterocycles. The molecule has 0 saturated carbocycles. The molecule has 0 aliphatic carbocycles. The number of hydrogen-bond acceptors (Lipinski definition) is 5. The first-order chi connectivity index (χ1) is 11.0. The Morgan fingerprint density at radius 2 is 2.00 bits per heavy atom. The number of carbonyl (C=O) groups is 1. The van der Waals surface area contributed by atoms with Gasteiger partial charge in [-0.15, -0.1) is 11.8 Å². The highest BCUT2D eigenvalue weighted by molar-refractivity contribution is 8.00. The maximum atomic E-state index is 13.2. The van der Waals surface area contributed by atoms with Crippen molar-refractivity contribution in [3.05, 3.63) is 58.4 Å². The molecular formula is C15H13FN2O4S. The fourth-order valence-electron chi connectivity index (χ4n) is 1.75. The average Bonchev–Trinajstić information content (AvgIpc) is 2.55. The minimum absolute atomic E-state index is 0.123. The van der Waals surface area contributed by atoms with E-state index in [4.69, 9.17) is 4.74 Å². The van der Waals surface area contributed by atoms with Gasteiger partial charge in [0, 0.05) is 16.6 Å². The summed E-state index contributed by atoms with van der Waals surface area (Å²) in [6, 6.07) is 10.4. The van der Waals surface area contributed by atoms with Crippen molar-refractivity contribution in [2.75, 3.05) is 18.2 Å². The van der Waals surface area contributed by atoms with Crippen molar-refractivity contribution in [2.24, 2.45) is 0 Å². The summed E-state index contributed by atoms with van der Waals surface area (Å²) in [6.45, 7) is 0. The third kappa shape index (κ3) is 4.68. The molecule has 2 aromatic carbocycles. The van der Waals surface area contributed by atoms with Gasteiger partial charge in [-0.25, -0.2) is 0 Å². The highest BCUT2D eigenvalue weighted by atomic mass is 32.2. The molecule has 0 bridgehead atoms. The van der Waals surface area contributed by atoms with E-state index in [0.29, 0.717) is 0 Å². The van der Waals surface area contributed by atoms with Gasteiger partial charge in [0.05, 0.1) is 17.8 Å². The number of halogens is 1. The maximum Gasteiger partial charge on any atom is 0.306 e. The monoisotopic (exact) mass is 336 g/mol. The molecule has 0 fully saturated rings. The second kappa shape index (κ2) is 7.59. The topological polar surface area (TPSA) is 81.5 Å². The van der Waals surface area contributed by atoms with Gasteiger partial charge < -0.3 is 10.1 Å². The number of carbonyl (C=O) groups excluding carboxylic acids is 1. The molecule has 0 unspecified atom stereocenters. The van der Waals surface area contributed by atoms with Crippen LogP contribution in [-0.4, -0.2) is 23.7 Å². The van der Waals surface area contributed by atoms with E-state index in [9.17, 15) is 19.3 Å². The van der Waals surface area contributed by atoms with Gasteiger partial charge in [0.2, 0.25) is 11.7 Å². The second-order valence-corrected chi connectivity index (χ2v) is 5.48. The van der Waals surface area contributed by atoms with Crippen molar-refractivity contribution >= 4 is 29.0 Å². The molecule has 0 aliphatic rings. The van der Waals surface area contributed by atoms with Crippen LogP contribution in [0.5, 0.6) is 5.75 Å². The van der Waals surface area contributed by atoms with Gasteiger partial charge >= 0.3 is 5.69 Å². The Bertz CT molecular complexity index is 722. The van der Waals surface area contributed by atoms with E-state index >= 15 is 0 Å². The lowest BCUT2D eigenvalue weighted by atomic mass is 10.2. The summed E-state index contributed by atoms with van der Waals surface area (Å²) >= 11 is 1.31. The van der Waals surface area contributed by atoms with Gasteiger partial charge in [0.15, 0.2) is 0 Å². The van der Waals surface area contributed by atoms with Crippen LogP contribution in [0.1, 0.15) is 0 Å². The Hall–Kier alpha value is -2.61. The Labute approximate surface area is 135 Å². The van der Waals surface area contributed by atoms with Gasteiger partial charge in [0.25, 0.3) is 0 Å². The number of anilines is 1. The number of nitro groups is 1. The Kier molecular flexibility index (Phi) is 5.53. The van der Waals surface area contributed by atoms with Gasteiger partial charge in [-0.3, -0.25) is 14.9 Å². The summed E-state index contributed by atoms with van der Waals surface area (Å²) in [7, 11) is 1.57. The van der Waals surface area contributed by atoms with Crippen LogP contribution in [0, 0.1) is 15.9 Å². The molecule has 1 amide bonds. The van der Waals surface area contributed by atoms with Crippen LogP contribution < -0.4 is 10.1 Å². The second-order valence-electron chi connectivity index (χ2n) is 4.44. The molecule has 0 spiro atoms. The molecule has 2 rings (SSSR count). The zero-order valence-electron chi connectivity index (χ0n) is 12.1. The average molecular weight is 336 g/mol. The van der Waals surface area contributed by atoms with Gasteiger partial charge in [-0.1, -0.05) is 0 Å². The predicted octanol–water partition coefficient (Wildman–Crippen LogP) is 3.47. The van der Waals surface area contributed by atoms with Crippen LogP contribution >= 0.6 is 11.8 Å². The number of hydrogen-bond donors (Lipinski definition) is 1. The molecule has 23 heavy (non-hydrogen) atoms.